The van der Waals surface area contributed by atoms with Gasteiger partial charge in [0.15, 0.2) is 11.2 Å². The standard InChI is InChI=1S/C18H14N6O4/c25-16-14-15(21-18(22-16)24-8-12(6-20-24)17(26)27)23(9-19-14)7-10-1-2-13-11(5-10)3-4-28-13/h1-2,5-6,8-9H,3-4,7H2,(H,26,27)(H,21,22,25). The third-order valence-electron chi connectivity index (χ3n) is 4.62. The molecule has 0 saturated heterocycles. The molecule has 0 saturated carbocycles. The number of carbonyl (C=O) groups is 1. The van der Waals surface area contributed by atoms with E-state index in [0.29, 0.717) is 18.8 Å². The molecule has 0 bridgehead atoms. The van der Waals surface area contributed by atoms with E-state index in [-0.39, 0.29) is 17.0 Å². The maximum atomic E-state index is 12.4. The van der Waals surface area contributed by atoms with Crippen LogP contribution in [0.4, 0.5) is 0 Å². The van der Waals surface area contributed by atoms with Crippen LogP contribution in [-0.2, 0) is 13.0 Å². The van der Waals surface area contributed by atoms with E-state index >= 15 is 0 Å². The van der Waals surface area contributed by atoms with E-state index in [9.17, 15) is 9.59 Å². The van der Waals surface area contributed by atoms with Crippen LogP contribution in [0, 0.1) is 0 Å². The summed E-state index contributed by atoms with van der Waals surface area (Å²) in [6.45, 7) is 1.18. The number of nitrogens with zero attached hydrogens (tertiary/aromatic N) is 5. The van der Waals surface area contributed by atoms with Crippen molar-refractivity contribution in [2.45, 2.75) is 13.0 Å². The second-order valence-corrected chi connectivity index (χ2v) is 6.45. The predicted molar refractivity (Wildman–Crippen MR) is 97.0 cm³/mol. The topological polar surface area (TPSA) is 128 Å². The van der Waals surface area contributed by atoms with Crippen molar-refractivity contribution in [3.63, 3.8) is 0 Å². The summed E-state index contributed by atoms with van der Waals surface area (Å²) in [7, 11) is 0. The minimum Gasteiger partial charge on any atom is -0.493 e. The van der Waals surface area contributed by atoms with Crippen LogP contribution < -0.4 is 10.3 Å². The molecule has 0 aliphatic carbocycles. The molecular formula is C18H14N6O4. The first-order valence-electron chi connectivity index (χ1n) is 8.56. The van der Waals surface area contributed by atoms with Gasteiger partial charge in [0.2, 0.25) is 5.95 Å². The molecule has 1 aromatic carbocycles. The molecule has 0 atom stereocenters. The van der Waals surface area contributed by atoms with E-state index in [1.54, 1.807) is 10.9 Å². The van der Waals surface area contributed by atoms with Gasteiger partial charge < -0.3 is 14.4 Å². The molecule has 0 amide bonds. The number of carboxylic acids is 1. The number of nitrogens with one attached hydrogen (secondary N) is 1. The Morgan fingerprint density at radius 1 is 1.36 bits per heavy atom. The molecule has 0 radical (unpaired) electrons. The number of aromatic nitrogens is 6. The van der Waals surface area contributed by atoms with Crippen LogP contribution in [0.15, 0.2) is 41.7 Å². The molecule has 10 nitrogen and oxygen atoms in total. The van der Waals surface area contributed by atoms with Gasteiger partial charge in [-0.1, -0.05) is 12.1 Å². The Morgan fingerprint density at radius 3 is 3.07 bits per heavy atom. The number of rotatable bonds is 4. The van der Waals surface area contributed by atoms with Gasteiger partial charge in [0.25, 0.3) is 5.56 Å². The lowest BCUT2D eigenvalue weighted by molar-refractivity contribution is 0.0697. The van der Waals surface area contributed by atoms with Crippen LogP contribution in [0.2, 0.25) is 0 Å². The summed E-state index contributed by atoms with van der Waals surface area (Å²) in [5, 5.41) is 13.0. The smallest absolute Gasteiger partial charge is 0.338 e. The van der Waals surface area contributed by atoms with E-state index in [1.165, 1.54) is 17.1 Å². The van der Waals surface area contributed by atoms with Crippen LogP contribution in [0.3, 0.4) is 0 Å². The molecule has 0 fully saturated rings. The molecule has 0 spiro atoms. The summed E-state index contributed by atoms with van der Waals surface area (Å²) in [6.07, 6.45) is 4.91. The Hall–Kier alpha value is -3.95. The molecule has 10 heteroatoms. The molecule has 1 aliphatic heterocycles. The van der Waals surface area contributed by atoms with Gasteiger partial charge >= 0.3 is 5.97 Å². The van der Waals surface area contributed by atoms with E-state index in [4.69, 9.17) is 9.84 Å². The maximum Gasteiger partial charge on any atom is 0.338 e. The number of aromatic amines is 1. The molecule has 4 aromatic rings. The Morgan fingerprint density at radius 2 is 2.25 bits per heavy atom. The largest absolute Gasteiger partial charge is 0.493 e. The summed E-state index contributed by atoms with van der Waals surface area (Å²) in [5.74, 6) is -0.0848. The third-order valence-corrected chi connectivity index (χ3v) is 4.62. The minimum absolute atomic E-state index is 0.00314. The van der Waals surface area contributed by atoms with E-state index in [2.05, 4.69) is 26.1 Å². The normalized spacial score (nSPS) is 12.9. The summed E-state index contributed by atoms with van der Waals surface area (Å²) in [6, 6.07) is 5.99. The second-order valence-electron chi connectivity index (χ2n) is 6.45. The van der Waals surface area contributed by atoms with Crippen LogP contribution >= 0.6 is 0 Å². The molecule has 3 aromatic heterocycles. The number of benzene rings is 1. The highest BCUT2D eigenvalue weighted by Gasteiger charge is 2.16. The molecule has 5 rings (SSSR count). The van der Waals surface area contributed by atoms with Gasteiger partial charge in [-0.3, -0.25) is 9.78 Å². The number of aromatic carboxylic acids is 1. The molecule has 4 heterocycles. The quantitative estimate of drug-likeness (QED) is 0.542. The van der Waals surface area contributed by atoms with Crippen molar-refractivity contribution in [3.05, 3.63) is 64.0 Å². The average molecular weight is 378 g/mol. The fraction of sp³-hybridized carbons (Fsp3) is 0.167. The van der Waals surface area contributed by atoms with Gasteiger partial charge in [-0.15, -0.1) is 0 Å². The molecule has 2 N–H and O–H groups in total. The number of ether oxygens (including phenoxy) is 1. The van der Waals surface area contributed by atoms with Crippen molar-refractivity contribution < 1.29 is 14.6 Å². The minimum atomic E-state index is -1.11. The van der Waals surface area contributed by atoms with Crippen molar-refractivity contribution in [1.82, 2.24) is 29.3 Å². The Bertz CT molecular complexity index is 1280. The van der Waals surface area contributed by atoms with Gasteiger partial charge in [-0.2, -0.15) is 10.1 Å². The third kappa shape index (κ3) is 2.62. The number of hydrogen-bond acceptors (Lipinski definition) is 6. The number of fused-ring (bicyclic) bond motifs is 2. The van der Waals surface area contributed by atoms with E-state index in [0.717, 1.165) is 23.3 Å². The maximum absolute atomic E-state index is 12.4. The monoisotopic (exact) mass is 378 g/mol. The first-order chi connectivity index (χ1) is 13.6. The SMILES string of the molecule is O=C(O)c1cnn(-c2nc3c(ncn3Cc3ccc4c(c3)CCO4)c(=O)[nH]2)c1. The first kappa shape index (κ1) is 16.2. The molecule has 28 heavy (non-hydrogen) atoms. The fourth-order valence-electron chi connectivity index (χ4n) is 3.25. The van der Waals surface area contributed by atoms with Crippen LogP contribution in [0.5, 0.6) is 5.75 Å². The number of hydrogen-bond donors (Lipinski definition) is 2. The summed E-state index contributed by atoms with van der Waals surface area (Å²) in [4.78, 5) is 34.6. The second kappa shape index (κ2) is 6.05. The Balaban J connectivity index is 1.55. The van der Waals surface area contributed by atoms with Gasteiger partial charge in [-0.25, -0.2) is 14.5 Å². The van der Waals surface area contributed by atoms with Gasteiger partial charge in [0, 0.05) is 12.6 Å². The molecular weight excluding hydrogens is 364 g/mol. The predicted octanol–water partition coefficient (Wildman–Crippen LogP) is 0.987. The molecule has 1 aliphatic rings. The fourth-order valence-corrected chi connectivity index (χ4v) is 3.25. The van der Waals surface area contributed by atoms with Crippen molar-refractivity contribution in [2.75, 3.05) is 6.61 Å². The Labute approximate surface area is 157 Å². The highest BCUT2D eigenvalue weighted by molar-refractivity contribution is 5.86. The van der Waals surface area contributed by atoms with Crippen molar-refractivity contribution >= 4 is 17.1 Å². The Kier molecular flexibility index (Phi) is 3.51. The van der Waals surface area contributed by atoms with Gasteiger partial charge in [0.1, 0.15) is 5.75 Å². The van der Waals surface area contributed by atoms with Crippen molar-refractivity contribution in [2.24, 2.45) is 0 Å². The number of carboxylic acid groups (broad SMARTS) is 1. The van der Waals surface area contributed by atoms with E-state index in [1.807, 2.05) is 12.1 Å². The zero-order chi connectivity index (χ0) is 19.3. The van der Waals surface area contributed by atoms with E-state index < -0.39 is 11.5 Å². The summed E-state index contributed by atoms with van der Waals surface area (Å²) in [5.41, 5.74) is 2.37. The highest BCUT2D eigenvalue weighted by Crippen LogP contribution is 2.26. The van der Waals surface area contributed by atoms with Crippen LogP contribution in [0.25, 0.3) is 17.1 Å². The molecule has 0 unspecified atom stereocenters. The summed E-state index contributed by atoms with van der Waals surface area (Å²) >= 11 is 0. The zero-order valence-electron chi connectivity index (χ0n) is 14.5. The van der Waals surface area contributed by atoms with Crippen LogP contribution in [-0.4, -0.2) is 47.0 Å². The lowest BCUT2D eigenvalue weighted by atomic mass is 10.1. The highest BCUT2D eigenvalue weighted by atomic mass is 16.5. The summed E-state index contributed by atoms with van der Waals surface area (Å²) < 4.78 is 8.52. The number of H-pyrrole nitrogens is 1. The number of imidazole rings is 1. The van der Waals surface area contributed by atoms with Crippen molar-refractivity contribution in [3.8, 4) is 11.7 Å². The lowest BCUT2D eigenvalue weighted by Crippen LogP contribution is -2.15. The average Bonchev–Trinajstić information content (AvgIpc) is 3.41. The van der Waals surface area contributed by atoms with Gasteiger partial charge in [0.05, 0.1) is 31.2 Å². The lowest BCUT2D eigenvalue weighted by Gasteiger charge is -2.07. The van der Waals surface area contributed by atoms with Crippen LogP contribution in [0.1, 0.15) is 21.5 Å². The zero-order valence-corrected chi connectivity index (χ0v) is 14.5. The molecule has 140 valence electrons. The van der Waals surface area contributed by atoms with Crippen molar-refractivity contribution in [1.29, 1.82) is 0 Å². The first-order valence-corrected chi connectivity index (χ1v) is 8.56. The van der Waals surface area contributed by atoms with Gasteiger partial charge in [-0.05, 0) is 17.2 Å².